The van der Waals surface area contributed by atoms with Crippen molar-refractivity contribution in [3.05, 3.63) is 29.8 Å². The Kier molecular flexibility index (Phi) is 4.55. The van der Waals surface area contributed by atoms with Gasteiger partial charge in [-0.1, -0.05) is 0 Å². The van der Waals surface area contributed by atoms with E-state index in [1.807, 2.05) is 0 Å². The lowest BCUT2D eigenvalue weighted by molar-refractivity contribution is 0.0642. The number of hydrogen-bond acceptors (Lipinski definition) is 4. The fraction of sp³-hybridized carbons (Fsp3) is 0.462. The molecule has 1 aliphatic rings. The Morgan fingerprint density at radius 2 is 1.94 bits per heavy atom. The molecule has 5 nitrogen and oxygen atoms in total. The quantitative estimate of drug-likeness (QED) is 0.552. The smallest absolute Gasteiger partial charge is 0.251 e. The van der Waals surface area contributed by atoms with E-state index < -0.39 is 0 Å². The number of hydrazine groups is 1. The van der Waals surface area contributed by atoms with Gasteiger partial charge in [-0.3, -0.25) is 10.6 Å². The monoisotopic (exact) mass is 249 g/mol. The van der Waals surface area contributed by atoms with Crippen LogP contribution >= 0.6 is 0 Å². The van der Waals surface area contributed by atoms with Crippen LogP contribution in [0, 0.1) is 5.92 Å². The highest BCUT2D eigenvalue weighted by Crippen LogP contribution is 2.14. The minimum atomic E-state index is -0.0370. The summed E-state index contributed by atoms with van der Waals surface area (Å²) in [5.41, 5.74) is 3.97. The van der Waals surface area contributed by atoms with Crippen molar-refractivity contribution in [3.63, 3.8) is 0 Å². The lowest BCUT2D eigenvalue weighted by Gasteiger charge is -2.22. The van der Waals surface area contributed by atoms with Crippen LogP contribution in [-0.4, -0.2) is 25.7 Å². The summed E-state index contributed by atoms with van der Waals surface area (Å²) >= 11 is 0. The molecule has 0 radical (unpaired) electrons. The highest BCUT2D eigenvalue weighted by Gasteiger charge is 2.15. The number of rotatable bonds is 4. The molecule has 2 rings (SSSR count). The van der Waals surface area contributed by atoms with Crippen molar-refractivity contribution < 1.29 is 9.53 Å². The summed E-state index contributed by atoms with van der Waals surface area (Å²) in [6.07, 6.45) is 2.05. The van der Waals surface area contributed by atoms with Crippen LogP contribution in [0.4, 0.5) is 5.69 Å². The molecule has 0 aromatic heterocycles. The average Bonchev–Trinajstić information content (AvgIpc) is 2.46. The Morgan fingerprint density at radius 3 is 2.56 bits per heavy atom. The zero-order valence-electron chi connectivity index (χ0n) is 10.3. The van der Waals surface area contributed by atoms with Gasteiger partial charge in [-0.15, -0.1) is 0 Å². The van der Waals surface area contributed by atoms with E-state index >= 15 is 0 Å². The number of amides is 1. The van der Waals surface area contributed by atoms with Gasteiger partial charge in [0.15, 0.2) is 0 Å². The van der Waals surface area contributed by atoms with Crippen LogP contribution in [0.15, 0.2) is 24.3 Å². The average molecular weight is 249 g/mol. The van der Waals surface area contributed by atoms with Crippen molar-refractivity contribution >= 4 is 11.6 Å². The standard InChI is InChI=1S/C13H19N3O2/c14-16-12-3-1-11(2-4-12)13(17)15-9-10-5-7-18-8-6-10/h1-4,10,16H,5-9,14H2,(H,15,17). The first kappa shape index (κ1) is 12.9. The van der Waals surface area contributed by atoms with Gasteiger partial charge in [-0.05, 0) is 43.0 Å². The number of ether oxygens (including phenoxy) is 1. The van der Waals surface area contributed by atoms with Crippen molar-refractivity contribution in [2.24, 2.45) is 11.8 Å². The third kappa shape index (κ3) is 3.45. The van der Waals surface area contributed by atoms with Gasteiger partial charge in [0.2, 0.25) is 0 Å². The van der Waals surface area contributed by atoms with E-state index in [4.69, 9.17) is 10.6 Å². The van der Waals surface area contributed by atoms with E-state index in [0.717, 1.165) is 38.3 Å². The lowest BCUT2D eigenvalue weighted by Crippen LogP contribution is -2.32. The third-order valence-corrected chi connectivity index (χ3v) is 3.21. The van der Waals surface area contributed by atoms with Crippen molar-refractivity contribution in [2.45, 2.75) is 12.8 Å². The Labute approximate surface area is 107 Å². The van der Waals surface area contributed by atoms with Gasteiger partial charge in [-0.25, -0.2) is 0 Å². The maximum atomic E-state index is 11.9. The molecule has 98 valence electrons. The van der Waals surface area contributed by atoms with Gasteiger partial charge in [0.25, 0.3) is 5.91 Å². The second kappa shape index (κ2) is 6.37. The third-order valence-electron chi connectivity index (χ3n) is 3.21. The molecular formula is C13H19N3O2. The highest BCUT2D eigenvalue weighted by molar-refractivity contribution is 5.94. The molecule has 1 aromatic carbocycles. The Morgan fingerprint density at radius 1 is 1.28 bits per heavy atom. The van der Waals surface area contributed by atoms with E-state index in [-0.39, 0.29) is 5.91 Å². The van der Waals surface area contributed by atoms with Crippen LogP contribution in [0.1, 0.15) is 23.2 Å². The van der Waals surface area contributed by atoms with E-state index in [9.17, 15) is 4.79 Å². The molecule has 1 heterocycles. The topological polar surface area (TPSA) is 76.4 Å². The van der Waals surface area contributed by atoms with E-state index in [0.29, 0.717) is 11.5 Å². The highest BCUT2D eigenvalue weighted by atomic mass is 16.5. The normalized spacial score (nSPS) is 16.3. The van der Waals surface area contributed by atoms with E-state index in [1.54, 1.807) is 24.3 Å². The maximum absolute atomic E-state index is 11.9. The molecule has 0 atom stereocenters. The molecule has 0 saturated carbocycles. The number of nitrogens with one attached hydrogen (secondary N) is 2. The molecule has 1 amide bonds. The Bertz CT molecular complexity index is 386. The summed E-state index contributed by atoms with van der Waals surface area (Å²) in [6.45, 7) is 2.33. The molecule has 18 heavy (non-hydrogen) atoms. The first-order chi connectivity index (χ1) is 8.79. The number of carbonyl (C=O) groups excluding carboxylic acids is 1. The molecule has 1 aliphatic heterocycles. The molecule has 0 unspecified atom stereocenters. The van der Waals surface area contributed by atoms with E-state index in [2.05, 4.69) is 10.7 Å². The summed E-state index contributed by atoms with van der Waals surface area (Å²) in [6, 6.07) is 7.08. The predicted molar refractivity (Wildman–Crippen MR) is 70.1 cm³/mol. The molecule has 0 bridgehead atoms. The molecule has 1 fully saturated rings. The molecule has 0 aliphatic carbocycles. The number of carbonyl (C=O) groups is 1. The summed E-state index contributed by atoms with van der Waals surface area (Å²) in [7, 11) is 0. The largest absolute Gasteiger partial charge is 0.381 e. The van der Waals surface area contributed by atoms with Gasteiger partial charge in [-0.2, -0.15) is 0 Å². The van der Waals surface area contributed by atoms with Crippen molar-refractivity contribution in [3.8, 4) is 0 Å². The first-order valence-corrected chi connectivity index (χ1v) is 6.22. The second-order valence-electron chi connectivity index (χ2n) is 4.49. The van der Waals surface area contributed by atoms with Crippen molar-refractivity contribution in [1.82, 2.24) is 5.32 Å². The number of nitrogens with two attached hydrogens (primary N) is 1. The van der Waals surface area contributed by atoms with Crippen LogP contribution in [0.2, 0.25) is 0 Å². The maximum Gasteiger partial charge on any atom is 0.251 e. The SMILES string of the molecule is NNc1ccc(C(=O)NCC2CCOCC2)cc1. The zero-order chi connectivity index (χ0) is 12.8. The molecule has 1 aromatic rings. The van der Waals surface area contributed by atoms with Crippen LogP contribution in [-0.2, 0) is 4.74 Å². The summed E-state index contributed by atoms with van der Waals surface area (Å²) in [5.74, 6) is 5.77. The molecular weight excluding hydrogens is 230 g/mol. The number of nitrogen functional groups attached to an aromatic ring is 1. The van der Waals surface area contributed by atoms with Crippen molar-refractivity contribution in [1.29, 1.82) is 0 Å². The van der Waals surface area contributed by atoms with Crippen molar-refractivity contribution in [2.75, 3.05) is 25.2 Å². The Hall–Kier alpha value is -1.59. The minimum absolute atomic E-state index is 0.0370. The molecule has 1 saturated heterocycles. The van der Waals surface area contributed by atoms with Crippen LogP contribution in [0.25, 0.3) is 0 Å². The van der Waals surface area contributed by atoms with Crippen LogP contribution in [0.5, 0.6) is 0 Å². The number of hydrogen-bond donors (Lipinski definition) is 3. The molecule has 0 spiro atoms. The van der Waals surface area contributed by atoms with E-state index in [1.165, 1.54) is 0 Å². The lowest BCUT2D eigenvalue weighted by atomic mass is 10.0. The number of anilines is 1. The molecule has 5 heteroatoms. The summed E-state index contributed by atoms with van der Waals surface area (Å²) < 4.78 is 5.29. The summed E-state index contributed by atoms with van der Waals surface area (Å²) in [4.78, 5) is 11.9. The van der Waals surface area contributed by atoms with Gasteiger partial charge in [0, 0.05) is 31.0 Å². The van der Waals surface area contributed by atoms with Crippen LogP contribution in [0.3, 0.4) is 0 Å². The fourth-order valence-corrected chi connectivity index (χ4v) is 2.01. The fourth-order valence-electron chi connectivity index (χ4n) is 2.01. The number of benzene rings is 1. The predicted octanol–water partition coefficient (Wildman–Crippen LogP) is 1.13. The van der Waals surface area contributed by atoms with Gasteiger partial charge in [0.1, 0.15) is 0 Å². The second-order valence-corrected chi connectivity index (χ2v) is 4.49. The Balaban J connectivity index is 1.82. The minimum Gasteiger partial charge on any atom is -0.381 e. The van der Waals surface area contributed by atoms with Gasteiger partial charge < -0.3 is 15.5 Å². The van der Waals surface area contributed by atoms with Crippen LogP contribution < -0.4 is 16.6 Å². The van der Waals surface area contributed by atoms with Gasteiger partial charge in [0.05, 0.1) is 0 Å². The first-order valence-electron chi connectivity index (χ1n) is 6.22. The van der Waals surface area contributed by atoms with Gasteiger partial charge >= 0.3 is 0 Å². The zero-order valence-corrected chi connectivity index (χ0v) is 10.3. The summed E-state index contributed by atoms with van der Waals surface area (Å²) in [5, 5.41) is 2.96. The molecule has 4 N–H and O–H groups in total.